The van der Waals surface area contributed by atoms with E-state index in [0.717, 1.165) is 45.0 Å². The molecule has 4 aromatic carbocycles. The molecule has 0 bridgehead atoms. The minimum atomic E-state index is 0.887. The SMILES string of the molecule is C=Cc1ccc2c(c1)c1cc(C=C)ccc1n2-c1ccnc(N2c3ccccc3Sc3ccccc32)c1. The second-order valence-corrected chi connectivity index (χ2v) is 10.1. The number of hydrogen-bond acceptors (Lipinski definition) is 3. The fraction of sp³-hybridized carbons (Fsp3) is 0. The summed E-state index contributed by atoms with van der Waals surface area (Å²) < 4.78 is 2.33. The number of fused-ring (bicyclic) bond motifs is 5. The van der Waals surface area contributed by atoms with Crippen molar-refractivity contribution in [2.45, 2.75) is 9.79 Å². The Morgan fingerprint density at radius 1 is 0.649 bits per heavy atom. The number of para-hydroxylation sites is 2. The molecule has 0 atom stereocenters. The van der Waals surface area contributed by atoms with Crippen LogP contribution in [0.15, 0.2) is 126 Å². The molecule has 4 heteroatoms. The van der Waals surface area contributed by atoms with Crippen molar-refractivity contribution in [2.24, 2.45) is 0 Å². The Kier molecular flexibility index (Phi) is 5.01. The zero-order valence-electron chi connectivity index (χ0n) is 20.1. The summed E-state index contributed by atoms with van der Waals surface area (Å²) in [6.07, 6.45) is 5.70. The minimum Gasteiger partial charge on any atom is -0.309 e. The molecule has 1 aliphatic heterocycles. The predicted octanol–water partition coefficient (Wildman–Crippen LogP) is 9.40. The van der Waals surface area contributed by atoms with Crippen LogP contribution in [0, 0.1) is 0 Å². The first kappa shape index (κ1) is 21.7. The molecule has 3 heterocycles. The van der Waals surface area contributed by atoms with E-state index in [-0.39, 0.29) is 0 Å². The van der Waals surface area contributed by atoms with Gasteiger partial charge in [0.2, 0.25) is 0 Å². The van der Waals surface area contributed by atoms with Crippen LogP contribution in [-0.2, 0) is 0 Å². The van der Waals surface area contributed by atoms with Gasteiger partial charge in [0.25, 0.3) is 0 Å². The second kappa shape index (κ2) is 8.54. The van der Waals surface area contributed by atoms with Gasteiger partial charge in [-0.2, -0.15) is 0 Å². The Bertz CT molecular complexity index is 1750. The molecule has 6 aromatic rings. The van der Waals surface area contributed by atoms with E-state index in [0.29, 0.717) is 0 Å². The molecular weight excluding hydrogens is 470 g/mol. The van der Waals surface area contributed by atoms with Crippen molar-refractivity contribution in [1.82, 2.24) is 9.55 Å². The lowest BCUT2D eigenvalue weighted by Gasteiger charge is -2.32. The molecule has 7 rings (SSSR count). The summed E-state index contributed by atoms with van der Waals surface area (Å²) in [6.45, 7) is 7.96. The highest BCUT2D eigenvalue weighted by Crippen LogP contribution is 2.50. The summed E-state index contributed by atoms with van der Waals surface area (Å²) in [4.78, 5) is 9.57. The number of hydrogen-bond donors (Lipinski definition) is 0. The van der Waals surface area contributed by atoms with Crippen molar-refractivity contribution in [3.05, 3.63) is 128 Å². The summed E-state index contributed by atoms with van der Waals surface area (Å²) in [5.41, 5.74) is 7.85. The lowest BCUT2D eigenvalue weighted by atomic mass is 10.1. The number of rotatable bonds is 4. The average molecular weight is 494 g/mol. The first-order valence-corrected chi connectivity index (χ1v) is 13.0. The van der Waals surface area contributed by atoms with Gasteiger partial charge in [-0.3, -0.25) is 4.90 Å². The number of anilines is 3. The van der Waals surface area contributed by atoms with Gasteiger partial charge in [-0.1, -0.05) is 73.5 Å². The number of benzene rings is 4. The van der Waals surface area contributed by atoms with Gasteiger partial charge in [-0.05, 0) is 65.7 Å². The van der Waals surface area contributed by atoms with Crippen molar-refractivity contribution in [2.75, 3.05) is 4.90 Å². The van der Waals surface area contributed by atoms with Crippen molar-refractivity contribution >= 4 is 62.9 Å². The van der Waals surface area contributed by atoms with E-state index >= 15 is 0 Å². The smallest absolute Gasteiger partial charge is 0.139 e. The molecular formula is C33H23N3S. The summed E-state index contributed by atoms with van der Waals surface area (Å²) in [5, 5.41) is 2.39. The normalized spacial score (nSPS) is 12.4. The minimum absolute atomic E-state index is 0.887. The van der Waals surface area contributed by atoms with Crippen LogP contribution in [0.3, 0.4) is 0 Å². The van der Waals surface area contributed by atoms with E-state index in [9.17, 15) is 0 Å². The summed E-state index contributed by atoms with van der Waals surface area (Å²) in [6, 6.07) is 34.3. The van der Waals surface area contributed by atoms with Crippen LogP contribution in [0.4, 0.5) is 17.2 Å². The van der Waals surface area contributed by atoms with Crippen LogP contribution >= 0.6 is 11.8 Å². The third kappa shape index (κ3) is 3.41. The number of nitrogens with zero attached hydrogens (tertiary/aromatic N) is 3. The maximum atomic E-state index is 4.86. The highest BCUT2D eigenvalue weighted by atomic mass is 32.2. The van der Waals surface area contributed by atoms with Gasteiger partial charge < -0.3 is 4.57 Å². The maximum absolute atomic E-state index is 4.86. The molecule has 176 valence electrons. The molecule has 0 N–H and O–H groups in total. The number of aromatic nitrogens is 2. The van der Waals surface area contributed by atoms with Crippen molar-refractivity contribution in [3.63, 3.8) is 0 Å². The van der Waals surface area contributed by atoms with Gasteiger partial charge in [0, 0.05) is 32.8 Å². The molecule has 0 unspecified atom stereocenters. The topological polar surface area (TPSA) is 21.1 Å². The first-order valence-electron chi connectivity index (χ1n) is 12.2. The fourth-order valence-electron chi connectivity index (χ4n) is 5.21. The Labute approximate surface area is 220 Å². The Balaban J connectivity index is 1.48. The van der Waals surface area contributed by atoms with Crippen LogP contribution in [0.5, 0.6) is 0 Å². The molecule has 0 radical (unpaired) electrons. The molecule has 0 amide bonds. The zero-order chi connectivity index (χ0) is 24.9. The quantitative estimate of drug-likeness (QED) is 0.244. The van der Waals surface area contributed by atoms with E-state index in [1.807, 2.05) is 18.3 Å². The van der Waals surface area contributed by atoms with E-state index in [1.54, 1.807) is 11.8 Å². The van der Waals surface area contributed by atoms with Gasteiger partial charge in [-0.25, -0.2) is 4.98 Å². The molecule has 0 aliphatic carbocycles. The first-order chi connectivity index (χ1) is 18.2. The van der Waals surface area contributed by atoms with Crippen LogP contribution in [-0.4, -0.2) is 9.55 Å². The van der Waals surface area contributed by atoms with Crippen LogP contribution < -0.4 is 4.90 Å². The maximum Gasteiger partial charge on any atom is 0.139 e. The molecule has 0 fully saturated rings. The fourth-order valence-corrected chi connectivity index (χ4v) is 6.27. The van der Waals surface area contributed by atoms with Crippen molar-refractivity contribution in [3.8, 4) is 5.69 Å². The molecule has 0 spiro atoms. The predicted molar refractivity (Wildman–Crippen MR) is 158 cm³/mol. The summed E-state index contributed by atoms with van der Waals surface area (Å²) in [5.74, 6) is 0.887. The average Bonchev–Trinajstić information content (AvgIpc) is 3.28. The Morgan fingerprint density at radius 2 is 1.22 bits per heavy atom. The second-order valence-electron chi connectivity index (χ2n) is 9.04. The standard InChI is InChI=1S/C33H23N3S/c1-3-22-13-15-27-25(19-22)26-20-23(4-2)14-16-28(26)35(27)24-17-18-34-33(21-24)36-29-9-5-7-11-31(29)37-32-12-8-6-10-30(32)36/h3-21H,1-2H2. The van der Waals surface area contributed by atoms with Gasteiger partial charge >= 0.3 is 0 Å². The van der Waals surface area contributed by atoms with Crippen LogP contribution in [0.1, 0.15) is 11.1 Å². The highest BCUT2D eigenvalue weighted by molar-refractivity contribution is 7.99. The zero-order valence-corrected chi connectivity index (χ0v) is 21.0. The summed E-state index contributed by atoms with van der Waals surface area (Å²) in [7, 11) is 0. The third-order valence-corrected chi connectivity index (χ3v) is 8.06. The van der Waals surface area contributed by atoms with Gasteiger partial charge in [0.15, 0.2) is 0 Å². The van der Waals surface area contributed by atoms with Gasteiger partial charge in [0.05, 0.1) is 28.1 Å². The Hall–Kier alpha value is -4.54. The molecule has 2 aromatic heterocycles. The van der Waals surface area contributed by atoms with Crippen LogP contribution in [0.2, 0.25) is 0 Å². The van der Waals surface area contributed by atoms with E-state index < -0.39 is 0 Å². The number of pyridine rings is 1. The van der Waals surface area contributed by atoms with Crippen molar-refractivity contribution < 1.29 is 0 Å². The lowest BCUT2D eigenvalue weighted by molar-refractivity contribution is 1.09. The van der Waals surface area contributed by atoms with E-state index in [1.165, 1.54) is 20.6 Å². The summed E-state index contributed by atoms with van der Waals surface area (Å²) >= 11 is 1.80. The molecule has 37 heavy (non-hydrogen) atoms. The lowest BCUT2D eigenvalue weighted by Crippen LogP contribution is -2.16. The molecule has 0 saturated carbocycles. The van der Waals surface area contributed by atoms with Crippen molar-refractivity contribution in [1.29, 1.82) is 0 Å². The Morgan fingerprint density at radius 3 is 1.78 bits per heavy atom. The molecule has 0 saturated heterocycles. The van der Waals surface area contributed by atoms with Crippen LogP contribution in [0.25, 0.3) is 39.6 Å². The highest BCUT2D eigenvalue weighted by Gasteiger charge is 2.25. The monoisotopic (exact) mass is 493 g/mol. The molecule has 3 nitrogen and oxygen atoms in total. The largest absolute Gasteiger partial charge is 0.309 e. The van der Waals surface area contributed by atoms with Gasteiger partial charge in [0.1, 0.15) is 5.82 Å². The molecule has 1 aliphatic rings. The van der Waals surface area contributed by atoms with E-state index in [4.69, 9.17) is 4.98 Å². The van der Waals surface area contributed by atoms with Gasteiger partial charge in [-0.15, -0.1) is 0 Å². The third-order valence-electron chi connectivity index (χ3n) is 6.93. The van der Waals surface area contributed by atoms with E-state index in [2.05, 4.69) is 120 Å².